The van der Waals surface area contributed by atoms with E-state index in [4.69, 9.17) is 37.5 Å². The fraction of sp³-hybridized carbons (Fsp3) is 1.00. The van der Waals surface area contributed by atoms with E-state index in [1.165, 1.54) is 154 Å². The van der Waals surface area contributed by atoms with E-state index in [0.29, 0.717) is 39.6 Å². The van der Waals surface area contributed by atoms with E-state index in [-0.39, 0.29) is 63.0 Å². The second-order valence-electron chi connectivity index (χ2n) is 16.8. The molecule has 362 valence electrons. The van der Waals surface area contributed by atoms with Crippen molar-refractivity contribution in [2.75, 3.05) is 77.6 Å². The highest BCUT2D eigenvalue weighted by molar-refractivity contribution is 7.86. The zero-order valence-electron chi connectivity index (χ0n) is 38.6. The van der Waals surface area contributed by atoms with Gasteiger partial charge in [0, 0.05) is 26.4 Å². The molecule has 0 aliphatic heterocycles. The lowest BCUT2D eigenvalue weighted by Crippen LogP contribution is -2.29. The molecule has 0 aromatic rings. The highest BCUT2D eigenvalue weighted by atomic mass is 32.2. The number of hydrogen-bond acceptors (Lipinski definition) is 10. The van der Waals surface area contributed by atoms with Gasteiger partial charge in [0.2, 0.25) is 0 Å². The van der Waals surface area contributed by atoms with Gasteiger partial charge in [-0.05, 0) is 25.7 Å². The Morgan fingerprint density at radius 2 is 0.550 bits per heavy atom. The molecule has 0 radical (unpaired) electrons. The minimum Gasteiger partial charge on any atom is -0.379 e. The zero-order chi connectivity index (χ0) is 44.1. The lowest BCUT2D eigenvalue weighted by molar-refractivity contribution is -0.0826. The molecule has 2 N–H and O–H groups in total. The van der Waals surface area contributed by atoms with E-state index >= 15 is 0 Å². The average Bonchev–Trinajstić information content (AvgIpc) is 3.20. The number of ether oxygens (including phenoxy) is 6. The van der Waals surface area contributed by atoms with Crippen molar-refractivity contribution < 1.29 is 54.4 Å². The third-order valence-electron chi connectivity index (χ3n) is 10.7. The molecular formula is C46H94O12S2. The van der Waals surface area contributed by atoms with Gasteiger partial charge in [0.1, 0.15) is 12.2 Å². The molecule has 0 amide bonds. The molecule has 0 rings (SSSR count). The molecule has 0 spiro atoms. The Kier molecular flexibility index (Phi) is 44.8. The van der Waals surface area contributed by atoms with Crippen molar-refractivity contribution in [1.82, 2.24) is 0 Å². The fourth-order valence-electron chi connectivity index (χ4n) is 7.05. The van der Waals surface area contributed by atoms with E-state index in [0.717, 1.165) is 25.7 Å². The van der Waals surface area contributed by atoms with Crippen LogP contribution in [0.4, 0.5) is 0 Å². The lowest BCUT2D eigenvalue weighted by atomic mass is 10.0. The Labute approximate surface area is 369 Å². The van der Waals surface area contributed by atoms with Gasteiger partial charge in [0.15, 0.2) is 0 Å². The molecule has 2 atom stereocenters. The van der Waals surface area contributed by atoms with Crippen molar-refractivity contribution in [3.05, 3.63) is 0 Å². The average molecular weight is 903 g/mol. The molecule has 0 bridgehead atoms. The summed E-state index contributed by atoms with van der Waals surface area (Å²) in [5, 5.41) is 0. The highest BCUT2D eigenvalue weighted by Crippen LogP contribution is 2.15. The Hall–Kier alpha value is -0.420. The maximum absolute atomic E-state index is 11.1. The molecule has 0 heterocycles. The fourth-order valence-corrected chi connectivity index (χ4v) is 8.01. The van der Waals surface area contributed by atoms with Crippen LogP contribution in [0.2, 0.25) is 0 Å². The Bertz CT molecular complexity index is 993. The maximum atomic E-state index is 11.1. The van der Waals surface area contributed by atoms with Crippen LogP contribution in [0.5, 0.6) is 0 Å². The number of unbranched alkanes of at least 4 members (excludes halogenated alkanes) is 26. The first-order chi connectivity index (χ1) is 29.1. The Balaban J connectivity index is 4.30. The largest absolute Gasteiger partial charge is 0.379 e. The zero-order valence-corrected chi connectivity index (χ0v) is 40.3. The van der Waals surface area contributed by atoms with Crippen LogP contribution in [0.3, 0.4) is 0 Å². The molecule has 14 heteroatoms. The molecule has 0 aliphatic carbocycles. The highest BCUT2D eigenvalue weighted by Gasteiger charge is 2.14. The summed E-state index contributed by atoms with van der Waals surface area (Å²) >= 11 is 0. The molecule has 0 aromatic heterocycles. The standard InChI is InChI=1S/C46H94O12S2/c1-3-5-7-9-11-13-15-17-19-21-23-25-27-29-33-53-41-45(57-35-31-39-59(47,48)49)43-55-37-38-56-44-46(58-36-32-40-60(50,51)52)42-54-34-30-28-26-24-22-20-18-16-14-12-10-8-6-4-2/h45-46H,3-44H2,1-2H3,(H,47,48,49)(H,50,51,52). The normalized spacial score (nSPS) is 13.3. The summed E-state index contributed by atoms with van der Waals surface area (Å²) in [5.74, 6) is -0.729. The van der Waals surface area contributed by atoms with Crippen molar-refractivity contribution in [3.63, 3.8) is 0 Å². The summed E-state index contributed by atoms with van der Waals surface area (Å²) in [4.78, 5) is 0. The molecule has 12 nitrogen and oxygen atoms in total. The molecule has 0 aromatic carbocycles. The van der Waals surface area contributed by atoms with Gasteiger partial charge in [-0.25, -0.2) is 0 Å². The first-order valence-electron chi connectivity index (χ1n) is 24.5. The quantitative estimate of drug-likeness (QED) is 0.0439. The minimum atomic E-state index is -4.05. The monoisotopic (exact) mass is 903 g/mol. The van der Waals surface area contributed by atoms with Gasteiger partial charge in [0.25, 0.3) is 20.2 Å². The van der Waals surface area contributed by atoms with Crippen LogP contribution in [-0.2, 0) is 48.7 Å². The van der Waals surface area contributed by atoms with E-state index in [1.54, 1.807) is 0 Å². The van der Waals surface area contributed by atoms with E-state index in [9.17, 15) is 16.8 Å². The van der Waals surface area contributed by atoms with Gasteiger partial charge >= 0.3 is 0 Å². The van der Waals surface area contributed by atoms with Crippen molar-refractivity contribution in [2.45, 2.75) is 219 Å². The van der Waals surface area contributed by atoms with Crippen molar-refractivity contribution in [3.8, 4) is 0 Å². The van der Waals surface area contributed by atoms with Gasteiger partial charge in [-0.2, -0.15) is 16.8 Å². The number of hydrogen-bond donors (Lipinski definition) is 2. The summed E-state index contributed by atoms with van der Waals surface area (Å²) in [6.07, 6.45) is 35.8. The number of rotatable bonds is 51. The van der Waals surface area contributed by atoms with Crippen LogP contribution in [0, 0.1) is 0 Å². The van der Waals surface area contributed by atoms with Gasteiger partial charge in [-0.1, -0.05) is 181 Å². The minimum absolute atomic E-state index is 0.155. The maximum Gasteiger partial charge on any atom is 0.264 e. The predicted octanol–water partition coefficient (Wildman–Crippen LogP) is 11.3. The topological polar surface area (TPSA) is 164 Å². The lowest BCUT2D eigenvalue weighted by Gasteiger charge is -2.20. The van der Waals surface area contributed by atoms with Crippen molar-refractivity contribution in [1.29, 1.82) is 0 Å². The van der Waals surface area contributed by atoms with Gasteiger partial charge in [-0.15, -0.1) is 0 Å². The molecule has 60 heavy (non-hydrogen) atoms. The third kappa shape index (κ3) is 50.2. The van der Waals surface area contributed by atoms with E-state index in [2.05, 4.69) is 13.8 Å². The van der Waals surface area contributed by atoms with Crippen LogP contribution in [0.15, 0.2) is 0 Å². The van der Waals surface area contributed by atoms with Crippen LogP contribution in [0.1, 0.15) is 206 Å². The molecule has 0 fully saturated rings. The van der Waals surface area contributed by atoms with Crippen molar-refractivity contribution >= 4 is 20.2 Å². The van der Waals surface area contributed by atoms with E-state index < -0.39 is 20.2 Å². The third-order valence-corrected chi connectivity index (χ3v) is 12.3. The van der Waals surface area contributed by atoms with Gasteiger partial charge in [0.05, 0.1) is 51.1 Å². The Morgan fingerprint density at radius 3 is 0.800 bits per heavy atom. The van der Waals surface area contributed by atoms with Crippen LogP contribution in [0.25, 0.3) is 0 Å². The molecular weight excluding hydrogens is 809 g/mol. The van der Waals surface area contributed by atoms with E-state index in [1.807, 2.05) is 0 Å². The second-order valence-corrected chi connectivity index (χ2v) is 19.9. The first-order valence-corrected chi connectivity index (χ1v) is 27.7. The summed E-state index contributed by atoms with van der Waals surface area (Å²) in [6.45, 7) is 7.79. The molecule has 0 aliphatic rings. The SMILES string of the molecule is CCCCCCCCCCCCCCCCOCC(COCCOCC(COCCCCCCCCCCCCCCCC)OCCCS(=O)(=O)O)OCCCS(=O)(=O)O. The molecule has 0 saturated carbocycles. The summed E-state index contributed by atoms with van der Waals surface area (Å²) in [7, 11) is -8.10. The van der Waals surface area contributed by atoms with Crippen molar-refractivity contribution in [2.24, 2.45) is 0 Å². The molecule has 2 unspecified atom stereocenters. The van der Waals surface area contributed by atoms with Crippen LogP contribution < -0.4 is 0 Å². The van der Waals surface area contributed by atoms with Crippen LogP contribution in [-0.4, -0.2) is 116 Å². The summed E-state index contributed by atoms with van der Waals surface area (Å²) in [6, 6.07) is 0. The van der Waals surface area contributed by atoms with Crippen LogP contribution >= 0.6 is 0 Å². The Morgan fingerprint density at radius 1 is 0.317 bits per heavy atom. The first kappa shape index (κ1) is 59.6. The summed E-state index contributed by atoms with van der Waals surface area (Å²) in [5.41, 5.74) is 0. The van der Waals surface area contributed by atoms with Gasteiger partial charge < -0.3 is 28.4 Å². The summed E-state index contributed by atoms with van der Waals surface area (Å²) < 4.78 is 97.7. The van der Waals surface area contributed by atoms with Gasteiger partial charge in [-0.3, -0.25) is 9.11 Å². The molecule has 0 saturated heterocycles. The smallest absolute Gasteiger partial charge is 0.264 e. The second kappa shape index (κ2) is 45.2. The predicted molar refractivity (Wildman–Crippen MR) is 245 cm³/mol.